The van der Waals surface area contributed by atoms with E-state index in [1.807, 2.05) is 0 Å². The first-order valence-corrected chi connectivity index (χ1v) is 4.98. The second kappa shape index (κ2) is 3.97. The minimum absolute atomic E-state index is 0.123. The van der Waals surface area contributed by atoms with Gasteiger partial charge in [0.25, 0.3) is 0 Å². The number of hydrogen-bond donors (Lipinski definition) is 1. The molecule has 2 rings (SSSR count). The van der Waals surface area contributed by atoms with Crippen molar-refractivity contribution in [3.05, 3.63) is 29.8 Å². The number of ether oxygens (including phenoxy) is 1. The molecule has 1 aromatic rings. The van der Waals surface area contributed by atoms with Gasteiger partial charge in [0.15, 0.2) is 6.10 Å². The molecule has 0 radical (unpaired) electrons. The molecule has 0 spiro atoms. The fourth-order valence-electron chi connectivity index (χ4n) is 1.33. The minimum Gasteiger partial charge on any atom is -0.490 e. The highest BCUT2D eigenvalue weighted by molar-refractivity contribution is 5.31. The van der Waals surface area contributed by atoms with Crippen LogP contribution >= 0.6 is 0 Å². The highest BCUT2D eigenvalue weighted by atomic mass is 19.4. The summed E-state index contributed by atoms with van der Waals surface area (Å²) in [5, 5.41) is 9.05. The average molecular weight is 232 g/mol. The van der Waals surface area contributed by atoms with Crippen molar-refractivity contribution in [1.82, 2.24) is 0 Å². The van der Waals surface area contributed by atoms with Gasteiger partial charge in [-0.15, -0.1) is 0 Å². The van der Waals surface area contributed by atoms with Gasteiger partial charge in [0, 0.05) is 0 Å². The van der Waals surface area contributed by atoms with Crippen LogP contribution in [0.2, 0.25) is 0 Å². The fourth-order valence-corrected chi connectivity index (χ4v) is 1.33. The van der Waals surface area contributed by atoms with Gasteiger partial charge in [0.1, 0.15) is 5.75 Å². The zero-order valence-corrected chi connectivity index (χ0v) is 8.37. The maximum Gasteiger partial charge on any atom is 0.418 e. The molecule has 1 aliphatic carbocycles. The van der Waals surface area contributed by atoms with Crippen LogP contribution in [0.5, 0.6) is 5.75 Å². The Morgan fingerprint density at radius 1 is 1.31 bits per heavy atom. The van der Waals surface area contributed by atoms with Gasteiger partial charge in [-0.3, -0.25) is 0 Å². The predicted molar refractivity (Wildman–Crippen MR) is 51.1 cm³/mol. The van der Waals surface area contributed by atoms with Crippen molar-refractivity contribution >= 4 is 0 Å². The van der Waals surface area contributed by atoms with E-state index in [1.54, 1.807) is 6.07 Å². The van der Waals surface area contributed by atoms with Crippen LogP contribution in [0.3, 0.4) is 0 Å². The van der Waals surface area contributed by atoms with Crippen molar-refractivity contribution in [1.29, 1.82) is 0 Å². The standard InChI is InChI=1S/C11H11F3O2/c12-11(13,14)10(15)7-2-1-3-9(6-7)16-8-4-5-8/h1-3,6,8,10,15H,4-5H2. The molecule has 1 fully saturated rings. The lowest BCUT2D eigenvalue weighted by Gasteiger charge is -2.15. The maximum absolute atomic E-state index is 12.3. The van der Waals surface area contributed by atoms with Crippen LogP contribution in [0, 0.1) is 0 Å². The highest BCUT2D eigenvalue weighted by Crippen LogP contribution is 2.34. The van der Waals surface area contributed by atoms with E-state index in [9.17, 15) is 13.2 Å². The Morgan fingerprint density at radius 2 is 2.00 bits per heavy atom. The minimum atomic E-state index is -4.64. The van der Waals surface area contributed by atoms with E-state index in [-0.39, 0.29) is 11.7 Å². The summed E-state index contributed by atoms with van der Waals surface area (Å²) in [4.78, 5) is 0. The summed E-state index contributed by atoms with van der Waals surface area (Å²) in [5.74, 6) is 0.378. The zero-order valence-electron chi connectivity index (χ0n) is 8.37. The molecular weight excluding hydrogens is 221 g/mol. The first kappa shape index (κ1) is 11.3. The fraction of sp³-hybridized carbons (Fsp3) is 0.455. The van der Waals surface area contributed by atoms with E-state index in [1.165, 1.54) is 18.2 Å². The molecule has 1 atom stereocenters. The van der Waals surface area contributed by atoms with Gasteiger partial charge in [0.05, 0.1) is 6.10 Å². The molecule has 0 saturated heterocycles. The lowest BCUT2D eigenvalue weighted by atomic mass is 10.1. The molecule has 0 heterocycles. The van der Waals surface area contributed by atoms with Crippen molar-refractivity contribution < 1.29 is 23.0 Å². The molecule has 16 heavy (non-hydrogen) atoms. The molecule has 1 unspecified atom stereocenters. The Balaban J connectivity index is 2.14. The maximum atomic E-state index is 12.3. The van der Waals surface area contributed by atoms with E-state index >= 15 is 0 Å². The zero-order chi connectivity index (χ0) is 11.8. The number of rotatable bonds is 3. The third-order valence-corrected chi connectivity index (χ3v) is 2.31. The summed E-state index contributed by atoms with van der Waals surface area (Å²) in [6, 6.07) is 5.50. The Hall–Kier alpha value is -1.23. The molecule has 88 valence electrons. The third-order valence-electron chi connectivity index (χ3n) is 2.31. The third kappa shape index (κ3) is 2.66. The van der Waals surface area contributed by atoms with Gasteiger partial charge in [-0.1, -0.05) is 12.1 Å². The van der Waals surface area contributed by atoms with E-state index in [0.717, 1.165) is 12.8 Å². The molecule has 1 aliphatic rings. The van der Waals surface area contributed by atoms with E-state index < -0.39 is 12.3 Å². The first-order chi connectivity index (χ1) is 7.47. The van der Waals surface area contributed by atoms with Crippen LogP contribution in [0.1, 0.15) is 24.5 Å². The predicted octanol–water partition coefficient (Wildman–Crippen LogP) is 2.82. The number of aliphatic hydroxyl groups is 1. The van der Waals surface area contributed by atoms with Gasteiger partial charge in [-0.25, -0.2) is 0 Å². The number of hydrogen-bond acceptors (Lipinski definition) is 2. The molecule has 0 amide bonds. The van der Waals surface area contributed by atoms with Crippen LogP contribution in [-0.2, 0) is 0 Å². The average Bonchev–Trinajstić information content (AvgIpc) is 2.99. The van der Waals surface area contributed by atoms with E-state index in [0.29, 0.717) is 5.75 Å². The van der Waals surface area contributed by atoms with Crippen LogP contribution in [-0.4, -0.2) is 17.4 Å². The van der Waals surface area contributed by atoms with Gasteiger partial charge in [0.2, 0.25) is 0 Å². The molecule has 1 N–H and O–H groups in total. The van der Waals surface area contributed by atoms with Crippen LogP contribution < -0.4 is 4.74 Å². The molecule has 1 aromatic carbocycles. The second-order valence-corrected chi connectivity index (χ2v) is 3.83. The monoisotopic (exact) mass is 232 g/mol. The summed E-state index contributed by atoms with van der Waals surface area (Å²) in [6.45, 7) is 0. The van der Waals surface area contributed by atoms with Crippen LogP contribution in [0.15, 0.2) is 24.3 Å². The van der Waals surface area contributed by atoms with Crippen molar-refractivity contribution in [3.63, 3.8) is 0 Å². The largest absolute Gasteiger partial charge is 0.490 e. The smallest absolute Gasteiger partial charge is 0.418 e. The SMILES string of the molecule is OC(c1cccc(OC2CC2)c1)C(F)(F)F. The molecular formula is C11H11F3O2. The molecule has 0 bridgehead atoms. The molecule has 5 heteroatoms. The lowest BCUT2D eigenvalue weighted by Crippen LogP contribution is -2.20. The summed E-state index contributed by atoms with van der Waals surface area (Å²) in [5.41, 5.74) is -0.189. The summed E-state index contributed by atoms with van der Waals surface area (Å²) >= 11 is 0. The molecule has 0 aromatic heterocycles. The van der Waals surface area contributed by atoms with Crippen LogP contribution in [0.25, 0.3) is 0 Å². The molecule has 0 aliphatic heterocycles. The Labute approximate surface area is 90.7 Å². The van der Waals surface area contributed by atoms with Crippen LogP contribution in [0.4, 0.5) is 13.2 Å². The lowest BCUT2D eigenvalue weighted by molar-refractivity contribution is -0.206. The number of aliphatic hydroxyl groups excluding tert-OH is 1. The van der Waals surface area contributed by atoms with E-state index in [2.05, 4.69) is 0 Å². The summed E-state index contributed by atoms with van der Waals surface area (Å²) in [6.07, 6.45) is -5.09. The Morgan fingerprint density at radius 3 is 2.56 bits per heavy atom. The quantitative estimate of drug-likeness (QED) is 0.868. The second-order valence-electron chi connectivity index (χ2n) is 3.83. The topological polar surface area (TPSA) is 29.5 Å². The van der Waals surface area contributed by atoms with Gasteiger partial charge in [-0.2, -0.15) is 13.2 Å². The molecule has 1 saturated carbocycles. The van der Waals surface area contributed by atoms with Gasteiger partial charge < -0.3 is 9.84 Å². The normalized spacial score (nSPS) is 18.2. The van der Waals surface area contributed by atoms with Crippen molar-refractivity contribution in [2.24, 2.45) is 0 Å². The summed E-state index contributed by atoms with van der Waals surface area (Å²) in [7, 11) is 0. The Kier molecular flexibility index (Phi) is 2.80. The number of alkyl halides is 3. The van der Waals surface area contributed by atoms with Crippen molar-refractivity contribution in [3.8, 4) is 5.75 Å². The van der Waals surface area contributed by atoms with Gasteiger partial charge in [-0.05, 0) is 30.5 Å². The number of halogens is 3. The molecule has 2 nitrogen and oxygen atoms in total. The van der Waals surface area contributed by atoms with Gasteiger partial charge >= 0.3 is 6.18 Å². The number of benzene rings is 1. The van der Waals surface area contributed by atoms with Crippen molar-refractivity contribution in [2.45, 2.75) is 31.2 Å². The Bertz CT molecular complexity index is 372. The van der Waals surface area contributed by atoms with E-state index in [4.69, 9.17) is 9.84 Å². The van der Waals surface area contributed by atoms with Crippen molar-refractivity contribution in [2.75, 3.05) is 0 Å². The summed E-state index contributed by atoms with van der Waals surface area (Å²) < 4.78 is 42.1. The highest BCUT2D eigenvalue weighted by Gasteiger charge is 2.39. The first-order valence-electron chi connectivity index (χ1n) is 4.98.